The summed E-state index contributed by atoms with van der Waals surface area (Å²) in [6.07, 6.45) is 4.67. The van der Waals surface area contributed by atoms with Crippen molar-refractivity contribution in [3.05, 3.63) is 64.7 Å². The van der Waals surface area contributed by atoms with Gasteiger partial charge in [0.2, 0.25) is 0 Å². The fourth-order valence-electron chi connectivity index (χ4n) is 4.48. The number of aliphatic hydroxyl groups is 1. The van der Waals surface area contributed by atoms with Gasteiger partial charge in [-0.25, -0.2) is 0 Å². The molecule has 1 atom stereocenters. The summed E-state index contributed by atoms with van der Waals surface area (Å²) in [5.41, 5.74) is 2.08. The smallest absolute Gasteiger partial charge is 0.295 e. The summed E-state index contributed by atoms with van der Waals surface area (Å²) >= 11 is 0. The van der Waals surface area contributed by atoms with Crippen LogP contribution in [0.1, 0.15) is 68.7 Å². The number of aliphatic hydroxyl groups excluding tert-OH is 1. The van der Waals surface area contributed by atoms with E-state index >= 15 is 0 Å². The minimum absolute atomic E-state index is 0.0874. The number of hydrogen-bond donors (Lipinski definition) is 1. The molecule has 1 unspecified atom stereocenters. The van der Waals surface area contributed by atoms with E-state index in [1.807, 2.05) is 44.2 Å². The molecule has 0 radical (unpaired) electrons. The van der Waals surface area contributed by atoms with Crippen molar-refractivity contribution in [3.8, 4) is 11.5 Å². The van der Waals surface area contributed by atoms with E-state index in [9.17, 15) is 14.7 Å². The van der Waals surface area contributed by atoms with Gasteiger partial charge in [0, 0.05) is 25.8 Å². The second-order valence-corrected chi connectivity index (χ2v) is 9.29. The molecular weight excluding hydrogens is 470 g/mol. The Morgan fingerprint density at radius 2 is 1.59 bits per heavy atom. The number of ether oxygens (including phenoxy) is 3. The van der Waals surface area contributed by atoms with Crippen LogP contribution in [0.4, 0.5) is 0 Å². The number of hydrogen-bond acceptors (Lipinski definition) is 6. The maximum atomic E-state index is 13.2. The van der Waals surface area contributed by atoms with Crippen molar-refractivity contribution in [1.29, 1.82) is 0 Å². The van der Waals surface area contributed by atoms with Gasteiger partial charge in [-0.15, -0.1) is 0 Å². The molecular formula is C30H39NO6. The lowest BCUT2D eigenvalue weighted by molar-refractivity contribution is -0.140. The fraction of sp³-hybridized carbons (Fsp3) is 0.467. The van der Waals surface area contributed by atoms with Crippen LogP contribution in [0.3, 0.4) is 0 Å². The number of methoxy groups -OCH3 is 1. The van der Waals surface area contributed by atoms with Crippen LogP contribution in [0.2, 0.25) is 0 Å². The quantitative estimate of drug-likeness (QED) is 0.150. The summed E-state index contributed by atoms with van der Waals surface area (Å²) in [7, 11) is 1.60. The summed E-state index contributed by atoms with van der Waals surface area (Å²) in [4.78, 5) is 27.9. The number of amides is 1. The van der Waals surface area contributed by atoms with E-state index in [2.05, 4.69) is 6.92 Å². The van der Waals surface area contributed by atoms with Gasteiger partial charge in [0.1, 0.15) is 17.3 Å². The first kappa shape index (κ1) is 28.3. The lowest BCUT2D eigenvalue weighted by Gasteiger charge is -2.25. The van der Waals surface area contributed by atoms with Gasteiger partial charge in [0.15, 0.2) is 0 Å². The molecule has 1 N–H and O–H groups in total. The highest BCUT2D eigenvalue weighted by Crippen LogP contribution is 2.40. The van der Waals surface area contributed by atoms with Crippen molar-refractivity contribution in [2.45, 2.75) is 58.9 Å². The number of carbonyl (C=O) groups excluding carboxylic acids is 2. The topological polar surface area (TPSA) is 85.3 Å². The minimum Gasteiger partial charge on any atom is -0.507 e. The van der Waals surface area contributed by atoms with Crippen molar-refractivity contribution >= 4 is 17.4 Å². The summed E-state index contributed by atoms with van der Waals surface area (Å²) in [6.45, 7) is 8.05. The molecule has 3 rings (SSSR count). The highest BCUT2D eigenvalue weighted by atomic mass is 16.5. The fourth-order valence-corrected chi connectivity index (χ4v) is 4.48. The lowest BCUT2D eigenvalue weighted by Crippen LogP contribution is -2.31. The summed E-state index contributed by atoms with van der Waals surface area (Å²) in [5, 5.41) is 11.4. The van der Waals surface area contributed by atoms with Gasteiger partial charge in [-0.1, -0.05) is 38.8 Å². The van der Waals surface area contributed by atoms with E-state index in [1.165, 1.54) is 4.90 Å². The van der Waals surface area contributed by atoms with Crippen molar-refractivity contribution in [1.82, 2.24) is 4.90 Å². The highest BCUT2D eigenvalue weighted by molar-refractivity contribution is 6.46. The monoisotopic (exact) mass is 509 g/mol. The number of benzene rings is 2. The molecule has 1 aliphatic heterocycles. The Morgan fingerprint density at radius 1 is 0.892 bits per heavy atom. The molecule has 1 amide bonds. The standard InChI is InChI=1S/C30H39NO6/c1-5-7-8-19-37-23-12-10-22(11-13-23)27-26(29(33)30(34)31(27)16-9-18-35-4)28(32)25-15-14-24(20-21(25)3)36-17-6-2/h10-15,20,27,32H,5-9,16-19H2,1-4H3/b28-26+. The molecule has 200 valence electrons. The van der Waals surface area contributed by atoms with Crippen LogP contribution in [0.5, 0.6) is 11.5 Å². The first-order valence-corrected chi connectivity index (χ1v) is 13.2. The average Bonchev–Trinajstić information content (AvgIpc) is 3.15. The second kappa shape index (κ2) is 13.8. The largest absolute Gasteiger partial charge is 0.507 e. The zero-order valence-electron chi connectivity index (χ0n) is 22.4. The molecule has 7 nitrogen and oxygen atoms in total. The van der Waals surface area contributed by atoms with Gasteiger partial charge in [-0.05, 0) is 67.6 Å². The number of likely N-dealkylation sites (tertiary alicyclic amines) is 1. The van der Waals surface area contributed by atoms with Crippen molar-refractivity contribution in [3.63, 3.8) is 0 Å². The van der Waals surface area contributed by atoms with Crippen LogP contribution in [0.15, 0.2) is 48.0 Å². The number of carbonyl (C=O) groups is 2. The van der Waals surface area contributed by atoms with Crippen molar-refractivity contribution < 1.29 is 28.9 Å². The number of aryl methyl sites for hydroxylation is 1. The molecule has 1 fully saturated rings. The predicted molar refractivity (Wildman–Crippen MR) is 144 cm³/mol. The number of unbranched alkanes of at least 4 members (excludes halogenated alkanes) is 2. The molecule has 7 heteroatoms. The average molecular weight is 510 g/mol. The SMILES string of the molecule is CCCCCOc1ccc(C2/C(=C(\O)c3ccc(OCCC)cc3C)C(=O)C(=O)N2CCCOC)cc1. The van der Waals surface area contributed by atoms with E-state index in [0.29, 0.717) is 44.1 Å². The summed E-state index contributed by atoms with van der Waals surface area (Å²) in [5.74, 6) is -0.0673. The Balaban J connectivity index is 1.98. The molecule has 0 spiro atoms. The zero-order chi connectivity index (χ0) is 26.8. The third kappa shape index (κ3) is 6.92. The maximum Gasteiger partial charge on any atom is 0.295 e. The summed E-state index contributed by atoms with van der Waals surface area (Å²) in [6, 6.07) is 12.0. The molecule has 2 aromatic carbocycles. The highest BCUT2D eigenvalue weighted by Gasteiger charge is 2.45. The van der Waals surface area contributed by atoms with Crippen LogP contribution >= 0.6 is 0 Å². The lowest BCUT2D eigenvalue weighted by atomic mass is 9.93. The molecule has 1 aliphatic rings. The molecule has 0 saturated carbocycles. The second-order valence-electron chi connectivity index (χ2n) is 9.29. The third-order valence-corrected chi connectivity index (χ3v) is 6.43. The number of rotatable bonds is 14. The van der Waals surface area contributed by atoms with E-state index in [4.69, 9.17) is 14.2 Å². The normalized spacial score (nSPS) is 16.9. The molecule has 37 heavy (non-hydrogen) atoms. The van der Waals surface area contributed by atoms with Crippen molar-refractivity contribution in [2.24, 2.45) is 0 Å². The van der Waals surface area contributed by atoms with Crippen LogP contribution in [-0.2, 0) is 14.3 Å². The maximum absolute atomic E-state index is 13.2. The van der Waals surface area contributed by atoms with E-state index in [-0.39, 0.29) is 11.3 Å². The third-order valence-electron chi connectivity index (χ3n) is 6.43. The van der Waals surface area contributed by atoms with Gasteiger partial charge in [0.25, 0.3) is 11.7 Å². The van der Waals surface area contributed by atoms with Crippen LogP contribution < -0.4 is 9.47 Å². The van der Waals surface area contributed by atoms with Crippen LogP contribution in [0.25, 0.3) is 5.76 Å². The first-order valence-electron chi connectivity index (χ1n) is 13.2. The number of ketones is 1. The van der Waals surface area contributed by atoms with Crippen LogP contribution in [-0.4, -0.2) is 55.2 Å². The van der Waals surface area contributed by atoms with E-state index in [0.717, 1.165) is 42.6 Å². The molecule has 0 aliphatic carbocycles. The molecule has 0 bridgehead atoms. The number of nitrogens with zero attached hydrogens (tertiary/aromatic N) is 1. The molecule has 1 saturated heterocycles. The Labute approximate surface area is 220 Å². The van der Waals surface area contributed by atoms with E-state index < -0.39 is 17.7 Å². The first-order chi connectivity index (χ1) is 17.9. The van der Waals surface area contributed by atoms with Gasteiger partial charge in [-0.2, -0.15) is 0 Å². The molecule has 1 heterocycles. The Kier molecular flexibility index (Phi) is 10.6. The summed E-state index contributed by atoms with van der Waals surface area (Å²) < 4.78 is 16.7. The van der Waals surface area contributed by atoms with Gasteiger partial charge >= 0.3 is 0 Å². The van der Waals surface area contributed by atoms with E-state index in [1.54, 1.807) is 19.2 Å². The molecule has 0 aromatic heterocycles. The number of Topliss-reactive ketones (excluding diaryl/α,β-unsaturated/α-hetero) is 1. The minimum atomic E-state index is -0.707. The van der Waals surface area contributed by atoms with Gasteiger partial charge < -0.3 is 24.2 Å². The van der Waals surface area contributed by atoms with Gasteiger partial charge in [-0.3, -0.25) is 9.59 Å². The predicted octanol–water partition coefficient (Wildman–Crippen LogP) is 5.81. The van der Waals surface area contributed by atoms with Gasteiger partial charge in [0.05, 0.1) is 24.8 Å². The van der Waals surface area contributed by atoms with Crippen molar-refractivity contribution in [2.75, 3.05) is 33.5 Å². The Bertz CT molecular complexity index is 1090. The Morgan fingerprint density at radius 3 is 2.24 bits per heavy atom. The van der Waals surface area contributed by atoms with Crippen LogP contribution in [0, 0.1) is 6.92 Å². The Hall–Kier alpha value is -3.32. The molecule has 2 aromatic rings. The zero-order valence-corrected chi connectivity index (χ0v) is 22.4.